The summed E-state index contributed by atoms with van der Waals surface area (Å²) in [6, 6.07) is 19.4. The molecule has 5 rings (SSSR count). The number of carboxylic acid groups (broad SMARTS) is 1. The van der Waals surface area contributed by atoms with Crippen LogP contribution >= 0.6 is 34.5 Å². The Balaban J connectivity index is 1.62. The molecule has 0 fully saturated rings. The third-order valence-electron chi connectivity index (χ3n) is 6.88. The molecule has 43 heavy (non-hydrogen) atoms. The molecule has 220 valence electrons. The molecule has 4 aromatic rings. The number of thiazole rings is 1. The van der Waals surface area contributed by atoms with Gasteiger partial charge in [0.2, 0.25) is 0 Å². The fourth-order valence-corrected chi connectivity index (χ4v) is 6.46. The van der Waals surface area contributed by atoms with E-state index in [0.29, 0.717) is 37.8 Å². The van der Waals surface area contributed by atoms with Crippen molar-refractivity contribution in [3.63, 3.8) is 0 Å². The van der Waals surface area contributed by atoms with Gasteiger partial charge in [-0.1, -0.05) is 90.9 Å². The number of aromatic nitrogens is 1. The second-order valence-corrected chi connectivity index (χ2v) is 12.0. The number of carbonyl (C=O) groups excluding carboxylic acids is 1. The lowest BCUT2D eigenvalue weighted by Crippen LogP contribution is -2.40. The molecule has 1 atom stereocenters. The second-order valence-electron chi connectivity index (χ2n) is 10.2. The normalized spacial score (nSPS) is 14.8. The summed E-state index contributed by atoms with van der Waals surface area (Å²) in [5, 5.41) is 12.1. The minimum Gasteiger partial charge on any atom is -0.479 e. The van der Waals surface area contributed by atoms with Gasteiger partial charge in [-0.25, -0.2) is 9.79 Å². The molecule has 0 aliphatic carbocycles. The molecule has 3 aromatic carbocycles. The van der Waals surface area contributed by atoms with Gasteiger partial charge in [-0.3, -0.25) is 14.2 Å². The Kier molecular flexibility index (Phi) is 8.87. The Labute approximate surface area is 261 Å². The number of rotatable bonds is 8. The smallest absolute Gasteiger partial charge is 0.341 e. The van der Waals surface area contributed by atoms with Gasteiger partial charge in [0.25, 0.3) is 11.5 Å². The van der Waals surface area contributed by atoms with E-state index in [1.807, 2.05) is 42.5 Å². The molecule has 2 N–H and O–H groups in total. The van der Waals surface area contributed by atoms with Gasteiger partial charge in [-0.2, -0.15) is 0 Å². The monoisotopic (exact) mass is 635 g/mol. The number of hydrogen-bond donors (Lipinski definition) is 2. The van der Waals surface area contributed by atoms with E-state index in [9.17, 15) is 14.4 Å². The molecule has 1 amide bonds. The molecular formula is C32H27Cl2N3O5S. The maximum atomic E-state index is 14.0. The molecule has 0 spiro atoms. The van der Waals surface area contributed by atoms with Crippen molar-refractivity contribution in [3.05, 3.63) is 124 Å². The number of anilines is 1. The molecule has 11 heteroatoms. The van der Waals surface area contributed by atoms with Gasteiger partial charge in [0.05, 0.1) is 31.9 Å². The average Bonchev–Trinajstić information content (AvgIpc) is 3.26. The molecule has 0 radical (unpaired) electrons. The molecular weight excluding hydrogens is 609 g/mol. The predicted molar refractivity (Wildman–Crippen MR) is 169 cm³/mol. The van der Waals surface area contributed by atoms with Crippen LogP contribution in [0.1, 0.15) is 49.4 Å². The Morgan fingerprint density at radius 2 is 1.74 bits per heavy atom. The number of benzene rings is 3. The quantitative estimate of drug-likeness (QED) is 0.255. The third-order valence-corrected chi connectivity index (χ3v) is 8.42. The van der Waals surface area contributed by atoms with Crippen LogP contribution in [0.25, 0.3) is 6.08 Å². The predicted octanol–water partition coefficient (Wildman–Crippen LogP) is 5.77. The summed E-state index contributed by atoms with van der Waals surface area (Å²) in [5.41, 5.74) is 3.59. The van der Waals surface area contributed by atoms with Crippen LogP contribution in [0.15, 0.2) is 87.8 Å². The van der Waals surface area contributed by atoms with E-state index in [4.69, 9.17) is 33.0 Å². The van der Waals surface area contributed by atoms with E-state index >= 15 is 0 Å². The number of carbonyl (C=O) groups is 2. The first-order chi connectivity index (χ1) is 20.5. The first-order valence-electron chi connectivity index (χ1n) is 13.4. The van der Waals surface area contributed by atoms with Crippen molar-refractivity contribution < 1.29 is 19.4 Å². The van der Waals surface area contributed by atoms with Crippen molar-refractivity contribution in [1.29, 1.82) is 0 Å². The Morgan fingerprint density at radius 3 is 2.35 bits per heavy atom. The average molecular weight is 637 g/mol. The van der Waals surface area contributed by atoms with Gasteiger partial charge in [0, 0.05) is 5.69 Å². The molecule has 0 bridgehead atoms. The zero-order valence-electron chi connectivity index (χ0n) is 23.4. The molecule has 8 nitrogen and oxygen atoms in total. The lowest BCUT2D eigenvalue weighted by atomic mass is 9.93. The molecule has 0 saturated heterocycles. The van der Waals surface area contributed by atoms with Crippen LogP contribution < -0.4 is 24.9 Å². The van der Waals surface area contributed by atoms with Gasteiger partial charge in [0.1, 0.15) is 0 Å². The number of fused-ring (bicyclic) bond motifs is 1. The van der Waals surface area contributed by atoms with E-state index in [2.05, 4.69) is 24.2 Å². The molecule has 1 aliphatic heterocycles. The highest BCUT2D eigenvalue weighted by Gasteiger charge is 2.32. The van der Waals surface area contributed by atoms with E-state index in [1.165, 1.54) is 23.5 Å². The fraction of sp³-hybridized carbons (Fsp3) is 0.188. The molecule has 2 heterocycles. The lowest BCUT2D eigenvalue weighted by Gasteiger charge is -2.25. The number of aliphatic carboxylic acids is 1. The summed E-state index contributed by atoms with van der Waals surface area (Å²) >= 11 is 13.8. The van der Waals surface area contributed by atoms with Gasteiger partial charge in [-0.15, -0.1) is 0 Å². The Hall–Kier alpha value is -4.18. The number of carboxylic acids is 1. The number of nitrogens with zero attached hydrogens (tertiary/aromatic N) is 2. The number of amides is 1. The molecule has 0 unspecified atom stereocenters. The first kappa shape index (κ1) is 30.3. The molecule has 1 aromatic heterocycles. The molecule has 0 saturated carbocycles. The topological polar surface area (TPSA) is 110 Å². The molecule has 1 aliphatic rings. The van der Waals surface area contributed by atoms with Gasteiger partial charge in [-0.05, 0) is 59.9 Å². The standard InChI is InChI=1S/C32H27Cl2N3O5S/c1-17(2)20-9-11-21(12-10-20)28-27(30(40)36-22-7-5-4-6-8-22)18(3)35-32-37(28)31(41)25(43-32)15-19-13-23(33)29(24(34)14-19)42-16-26(38)39/h4-15,17,28H,16H2,1-3H3,(H,36,40)(H,38,39)/b25-15-/t28-/m0/s1. The lowest BCUT2D eigenvalue weighted by molar-refractivity contribution is -0.139. The van der Waals surface area contributed by atoms with Crippen LogP contribution in [0.3, 0.4) is 0 Å². The minimum absolute atomic E-state index is 0.0406. The number of nitrogens with one attached hydrogen (secondary N) is 1. The summed E-state index contributed by atoms with van der Waals surface area (Å²) in [7, 11) is 0. The van der Waals surface area contributed by atoms with Crippen LogP contribution in [0, 0.1) is 0 Å². The van der Waals surface area contributed by atoms with E-state index in [0.717, 1.165) is 11.1 Å². The highest BCUT2D eigenvalue weighted by Crippen LogP contribution is 2.35. The number of para-hydroxylation sites is 1. The van der Waals surface area contributed by atoms with E-state index in [1.54, 1.807) is 29.7 Å². The van der Waals surface area contributed by atoms with E-state index in [-0.39, 0.29) is 27.3 Å². The van der Waals surface area contributed by atoms with Crippen molar-refractivity contribution in [2.24, 2.45) is 4.99 Å². The summed E-state index contributed by atoms with van der Waals surface area (Å²) in [6.07, 6.45) is 1.63. The SMILES string of the molecule is CC1=C(C(=O)Nc2ccccc2)[C@H](c2ccc(C(C)C)cc2)n2c(s/c(=C\c3cc(Cl)c(OCC(=O)O)c(Cl)c3)c2=O)=N1. The maximum Gasteiger partial charge on any atom is 0.341 e. The van der Waals surface area contributed by atoms with Crippen molar-refractivity contribution in [3.8, 4) is 5.75 Å². The fourth-order valence-electron chi connectivity index (χ4n) is 4.80. The van der Waals surface area contributed by atoms with Gasteiger partial charge < -0.3 is 15.2 Å². The van der Waals surface area contributed by atoms with Crippen LogP contribution in [-0.2, 0) is 9.59 Å². The third kappa shape index (κ3) is 6.44. The van der Waals surface area contributed by atoms with Gasteiger partial charge in [0.15, 0.2) is 17.2 Å². The zero-order chi connectivity index (χ0) is 30.8. The van der Waals surface area contributed by atoms with E-state index < -0.39 is 18.6 Å². The van der Waals surface area contributed by atoms with Gasteiger partial charge >= 0.3 is 5.97 Å². The highest BCUT2D eigenvalue weighted by molar-refractivity contribution is 7.07. The Morgan fingerprint density at radius 1 is 1.09 bits per heavy atom. The highest BCUT2D eigenvalue weighted by atomic mass is 35.5. The van der Waals surface area contributed by atoms with Crippen molar-refractivity contribution in [1.82, 2.24) is 4.57 Å². The summed E-state index contributed by atoms with van der Waals surface area (Å²) < 4.78 is 7.10. The van der Waals surface area contributed by atoms with Crippen LogP contribution in [0.4, 0.5) is 5.69 Å². The minimum atomic E-state index is -1.17. The largest absolute Gasteiger partial charge is 0.479 e. The zero-order valence-corrected chi connectivity index (χ0v) is 25.8. The number of ether oxygens (including phenoxy) is 1. The van der Waals surface area contributed by atoms with Crippen molar-refractivity contribution in [2.45, 2.75) is 32.7 Å². The van der Waals surface area contributed by atoms with Crippen LogP contribution in [0.2, 0.25) is 10.0 Å². The number of allylic oxidation sites excluding steroid dienone is 1. The number of halogens is 2. The first-order valence-corrected chi connectivity index (χ1v) is 14.9. The summed E-state index contributed by atoms with van der Waals surface area (Å²) in [5.74, 6) is -1.17. The summed E-state index contributed by atoms with van der Waals surface area (Å²) in [4.78, 5) is 43.8. The second kappa shape index (κ2) is 12.6. The van der Waals surface area contributed by atoms with Crippen molar-refractivity contribution >= 4 is 58.2 Å². The Bertz CT molecular complexity index is 1910. The summed E-state index contributed by atoms with van der Waals surface area (Å²) in [6.45, 7) is 5.37. The van der Waals surface area contributed by atoms with Crippen LogP contribution in [-0.4, -0.2) is 28.2 Å². The maximum absolute atomic E-state index is 14.0. The van der Waals surface area contributed by atoms with Crippen molar-refractivity contribution in [2.75, 3.05) is 11.9 Å². The number of hydrogen-bond acceptors (Lipinski definition) is 6. The van der Waals surface area contributed by atoms with Crippen LogP contribution in [0.5, 0.6) is 5.75 Å².